The first-order chi connectivity index (χ1) is 9.66. The molecule has 114 valence electrons. The van der Waals surface area contributed by atoms with Gasteiger partial charge in [-0.2, -0.15) is 0 Å². The predicted octanol–water partition coefficient (Wildman–Crippen LogP) is 1.18. The summed E-state index contributed by atoms with van der Waals surface area (Å²) in [5, 5.41) is 9.31. The lowest BCUT2D eigenvalue weighted by Crippen LogP contribution is -2.51. The van der Waals surface area contributed by atoms with Crippen LogP contribution in [-0.2, 0) is 9.53 Å². The minimum absolute atomic E-state index is 0.236. The minimum Gasteiger partial charge on any atom is -0.480 e. The van der Waals surface area contributed by atoms with Crippen LogP contribution in [0.2, 0.25) is 0 Å². The van der Waals surface area contributed by atoms with Gasteiger partial charge < -0.3 is 9.84 Å². The van der Waals surface area contributed by atoms with Gasteiger partial charge >= 0.3 is 5.97 Å². The summed E-state index contributed by atoms with van der Waals surface area (Å²) in [6, 6.07) is 0.803. The van der Waals surface area contributed by atoms with Gasteiger partial charge in [0.25, 0.3) is 0 Å². The molecular weight excluding hydrogens is 256 g/mol. The van der Waals surface area contributed by atoms with Crippen LogP contribution >= 0.6 is 0 Å². The Labute approximate surface area is 120 Å². The lowest BCUT2D eigenvalue weighted by molar-refractivity contribution is -0.143. The van der Waals surface area contributed by atoms with Crippen molar-refractivity contribution < 1.29 is 14.6 Å². The van der Waals surface area contributed by atoms with Crippen molar-refractivity contribution in [1.29, 1.82) is 0 Å². The second-order valence-corrected chi connectivity index (χ2v) is 6.43. The van der Waals surface area contributed by atoms with Gasteiger partial charge in [-0.05, 0) is 45.6 Å². The van der Waals surface area contributed by atoms with Crippen molar-refractivity contribution in [2.75, 3.05) is 26.2 Å². The van der Waals surface area contributed by atoms with Crippen LogP contribution in [0.25, 0.3) is 0 Å². The van der Waals surface area contributed by atoms with Gasteiger partial charge in [-0.25, -0.2) is 0 Å². The summed E-state index contributed by atoms with van der Waals surface area (Å²) in [6.45, 7) is 6.20. The van der Waals surface area contributed by atoms with Gasteiger partial charge in [0.05, 0.1) is 6.10 Å². The molecule has 0 aromatic carbocycles. The van der Waals surface area contributed by atoms with E-state index < -0.39 is 5.97 Å². The number of rotatable bonds is 3. The molecule has 5 nitrogen and oxygen atoms in total. The predicted molar refractivity (Wildman–Crippen MR) is 75.8 cm³/mol. The third kappa shape index (κ3) is 2.71. The van der Waals surface area contributed by atoms with Crippen molar-refractivity contribution in [3.05, 3.63) is 0 Å². The molecular formula is C15H26N2O3. The largest absolute Gasteiger partial charge is 0.480 e. The smallest absolute Gasteiger partial charge is 0.320 e. The van der Waals surface area contributed by atoms with Gasteiger partial charge in [-0.15, -0.1) is 0 Å². The quantitative estimate of drug-likeness (QED) is 0.842. The van der Waals surface area contributed by atoms with Crippen LogP contribution in [0, 0.1) is 0 Å². The van der Waals surface area contributed by atoms with E-state index in [0.29, 0.717) is 18.2 Å². The second-order valence-electron chi connectivity index (χ2n) is 6.43. The number of hydrogen-bond donors (Lipinski definition) is 1. The SMILES string of the molecule is CC1OCCC1N1CCC(N2CCCC2C(=O)O)CC1. The van der Waals surface area contributed by atoms with Gasteiger partial charge in [0.15, 0.2) is 0 Å². The maximum absolute atomic E-state index is 11.3. The molecule has 0 amide bonds. The number of nitrogens with zero attached hydrogens (tertiary/aromatic N) is 2. The molecule has 3 atom stereocenters. The lowest BCUT2D eigenvalue weighted by Gasteiger charge is -2.41. The van der Waals surface area contributed by atoms with E-state index in [0.717, 1.165) is 58.3 Å². The molecule has 3 saturated heterocycles. The number of hydrogen-bond acceptors (Lipinski definition) is 4. The van der Waals surface area contributed by atoms with Crippen LogP contribution in [0.5, 0.6) is 0 Å². The second kappa shape index (κ2) is 6.00. The highest BCUT2D eigenvalue weighted by Gasteiger charge is 2.38. The molecule has 0 aromatic rings. The summed E-state index contributed by atoms with van der Waals surface area (Å²) in [4.78, 5) is 16.1. The monoisotopic (exact) mass is 282 g/mol. The molecule has 3 aliphatic heterocycles. The van der Waals surface area contributed by atoms with E-state index in [1.54, 1.807) is 0 Å². The fourth-order valence-electron chi connectivity index (χ4n) is 4.24. The number of carboxylic acid groups (broad SMARTS) is 1. The number of carbonyl (C=O) groups is 1. The molecule has 0 aromatic heterocycles. The van der Waals surface area contributed by atoms with Gasteiger partial charge in [0.1, 0.15) is 6.04 Å². The molecule has 5 heteroatoms. The Kier molecular flexibility index (Phi) is 4.29. The normalized spacial score (nSPS) is 37.5. The van der Waals surface area contributed by atoms with Crippen LogP contribution in [0.1, 0.15) is 39.0 Å². The maximum Gasteiger partial charge on any atom is 0.320 e. The van der Waals surface area contributed by atoms with E-state index in [-0.39, 0.29) is 6.04 Å². The Bertz CT molecular complexity index is 355. The van der Waals surface area contributed by atoms with E-state index in [1.807, 2.05) is 0 Å². The van der Waals surface area contributed by atoms with E-state index in [1.165, 1.54) is 0 Å². The summed E-state index contributed by atoms with van der Waals surface area (Å²) >= 11 is 0. The Morgan fingerprint density at radius 1 is 1.15 bits per heavy atom. The molecule has 3 fully saturated rings. The zero-order valence-electron chi connectivity index (χ0n) is 12.3. The summed E-state index contributed by atoms with van der Waals surface area (Å²) < 4.78 is 5.66. The van der Waals surface area contributed by atoms with Crippen molar-refractivity contribution in [2.24, 2.45) is 0 Å². The van der Waals surface area contributed by atoms with Crippen LogP contribution in [0.4, 0.5) is 0 Å². The molecule has 1 N–H and O–H groups in total. The lowest BCUT2D eigenvalue weighted by atomic mass is 9.99. The molecule has 0 aliphatic carbocycles. The molecule has 20 heavy (non-hydrogen) atoms. The average Bonchev–Trinajstić information content (AvgIpc) is 3.07. The number of aliphatic carboxylic acids is 1. The van der Waals surface area contributed by atoms with Crippen LogP contribution < -0.4 is 0 Å². The van der Waals surface area contributed by atoms with Crippen molar-refractivity contribution >= 4 is 5.97 Å². The third-order valence-corrected chi connectivity index (χ3v) is 5.35. The highest BCUT2D eigenvalue weighted by Crippen LogP contribution is 2.29. The fourth-order valence-corrected chi connectivity index (χ4v) is 4.24. The van der Waals surface area contributed by atoms with E-state index in [4.69, 9.17) is 4.74 Å². The molecule has 3 heterocycles. The first kappa shape index (κ1) is 14.3. The Morgan fingerprint density at radius 2 is 1.90 bits per heavy atom. The van der Waals surface area contributed by atoms with Crippen LogP contribution in [-0.4, -0.2) is 71.3 Å². The highest BCUT2D eigenvalue weighted by atomic mass is 16.5. The Balaban J connectivity index is 1.54. The number of carboxylic acids is 1. The molecule has 3 unspecified atom stereocenters. The Morgan fingerprint density at radius 3 is 2.50 bits per heavy atom. The average molecular weight is 282 g/mol. The maximum atomic E-state index is 11.3. The molecule has 3 rings (SSSR count). The van der Waals surface area contributed by atoms with Crippen molar-refractivity contribution in [3.8, 4) is 0 Å². The molecule has 0 radical (unpaired) electrons. The first-order valence-electron chi connectivity index (χ1n) is 8.01. The Hall–Kier alpha value is -0.650. The van der Waals surface area contributed by atoms with Crippen molar-refractivity contribution in [1.82, 2.24) is 9.80 Å². The third-order valence-electron chi connectivity index (χ3n) is 5.35. The van der Waals surface area contributed by atoms with Gasteiger partial charge in [0, 0.05) is 31.8 Å². The summed E-state index contributed by atoms with van der Waals surface area (Å²) in [6.07, 6.45) is 5.56. The standard InChI is InChI=1S/C15H26N2O3/c1-11-13(6-10-20-11)16-8-4-12(5-9-16)17-7-2-3-14(17)15(18)19/h11-14H,2-10H2,1H3,(H,18,19). The molecule has 0 bridgehead atoms. The topological polar surface area (TPSA) is 53.0 Å². The van der Waals surface area contributed by atoms with E-state index in [2.05, 4.69) is 16.7 Å². The van der Waals surface area contributed by atoms with Crippen LogP contribution in [0.3, 0.4) is 0 Å². The minimum atomic E-state index is -0.636. The highest BCUT2D eigenvalue weighted by molar-refractivity contribution is 5.73. The molecule has 0 saturated carbocycles. The first-order valence-corrected chi connectivity index (χ1v) is 8.01. The summed E-state index contributed by atoms with van der Waals surface area (Å²) in [5.74, 6) is -0.636. The van der Waals surface area contributed by atoms with Gasteiger partial charge in [-0.1, -0.05) is 0 Å². The summed E-state index contributed by atoms with van der Waals surface area (Å²) in [5.41, 5.74) is 0. The molecule has 3 aliphatic rings. The van der Waals surface area contributed by atoms with Crippen molar-refractivity contribution in [3.63, 3.8) is 0 Å². The fraction of sp³-hybridized carbons (Fsp3) is 0.933. The number of likely N-dealkylation sites (tertiary alicyclic amines) is 2. The zero-order chi connectivity index (χ0) is 14.1. The van der Waals surface area contributed by atoms with Crippen molar-refractivity contribution in [2.45, 2.75) is 63.3 Å². The van der Waals surface area contributed by atoms with Crippen LogP contribution in [0.15, 0.2) is 0 Å². The number of piperidine rings is 1. The summed E-state index contributed by atoms with van der Waals surface area (Å²) in [7, 11) is 0. The number of ether oxygens (including phenoxy) is 1. The van der Waals surface area contributed by atoms with E-state index in [9.17, 15) is 9.90 Å². The molecule has 0 spiro atoms. The zero-order valence-corrected chi connectivity index (χ0v) is 12.3. The van der Waals surface area contributed by atoms with Gasteiger partial charge in [0.2, 0.25) is 0 Å². The van der Waals surface area contributed by atoms with E-state index >= 15 is 0 Å². The van der Waals surface area contributed by atoms with Gasteiger partial charge in [-0.3, -0.25) is 14.6 Å².